The average molecular weight is 521 g/mol. The monoisotopic (exact) mass is 520 g/mol. The second-order valence-corrected chi connectivity index (χ2v) is 13.4. The van der Waals surface area contributed by atoms with Crippen molar-refractivity contribution in [2.75, 3.05) is 0 Å². The van der Waals surface area contributed by atoms with Crippen LogP contribution in [0.3, 0.4) is 0 Å². The molecule has 0 aromatic carbocycles. The molecule has 11 atom stereocenters. The summed E-state index contributed by atoms with van der Waals surface area (Å²) in [5.41, 5.74) is 5.48. The predicted octanol–water partition coefficient (Wildman–Crippen LogP) is 3.23. The molecule has 8 nitrogen and oxygen atoms in total. The van der Waals surface area contributed by atoms with Crippen LogP contribution in [0.4, 0.5) is 0 Å². The van der Waals surface area contributed by atoms with Gasteiger partial charge >= 0.3 is 5.97 Å². The molecule has 8 heteroatoms. The lowest BCUT2D eigenvalue weighted by atomic mass is 9.43. The summed E-state index contributed by atoms with van der Waals surface area (Å²) in [6.45, 7) is 7.06. The molecule has 2 amide bonds. The number of nitrogens with two attached hydrogens (primary N) is 1. The van der Waals surface area contributed by atoms with E-state index in [1.807, 2.05) is 0 Å². The van der Waals surface area contributed by atoms with E-state index in [1.165, 1.54) is 0 Å². The second-order valence-electron chi connectivity index (χ2n) is 13.4. The van der Waals surface area contributed by atoms with Crippen LogP contribution >= 0.6 is 0 Å². The van der Waals surface area contributed by atoms with Crippen molar-refractivity contribution in [3.05, 3.63) is 0 Å². The number of fused-ring (bicyclic) bond motifs is 5. The van der Waals surface area contributed by atoms with Crippen molar-refractivity contribution in [2.45, 2.75) is 116 Å². The minimum Gasteiger partial charge on any atom is -0.480 e. The van der Waals surface area contributed by atoms with Gasteiger partial charge in [-0.1, -0.05) is 20.8 Å². The van der Waals surface area contributed by atoms with Crippen molar-refractivity contribution in [3.63, 3.8) is 0 Å². The van der Waals surface area contributed by atoms with Crippen molar-refractivity contribution in [3.8, 4) is 0 Å². The molecule has 0 heterocycles. The fraction of sp³-hybridized carbons (Fsp3) is 0.897. The first-order valence-corrected chi connectivity index (χ1v) is 14.5. The first kappa shape index (κ1) is 28.3. The van der Waals surface area contributed by atoms with Gasteiger partial charge in [-0.15, -0.1) is 0 Å². The third-order valence-corrected chi connectivity index (χ3v) is 11.6. The van der Waals surface area contributed by atoms with Gasteiger partial charge in [-0.25, -0.2) is 4.79 Å². The van der Waals surface area contributed by atoms with Gasteiger partial charge in [0.25, 0.3) is 0 Å². The average Bonchev–Trinajstić information content (AvgIpc) is 3.18. The molecule has 0 saturated heterocycles. The summed E-state index contributed by atoms with van der Waals surface area (Å²) in [4.78, 5) is 35.0. The van der Waals surface area contributed by atoms with Crippen LogP contribution in [0.2, 0.25) is 0 Å². The van der Waals surface area contributed by atoms with E-state index < -0.39 is 17.9 Å². The maximum atomic E-state index is 12.6. The first-order chi connectivity index (χ1) is 17.4. The Morgan fingerprint density at radius 3 is 2.30 bits per heavy atom. The lowest BCUT2D eigenvalue weighted by Gasteiger charge is -2.62. The van der Waals surface area contributed by atoms with Crippen LogP contribution in [0.25, 0.3) is 0 Å². The van der Waals surface area contributed by atoms with Crippen molar-refractivity contribution in [1.82, 2.24) is 5.32 Å². The minimum atomic E-state index is -1.15. The van der Waals surface area contributed by atoms with Crippen LogP contribution < -0.4 is 11.1 Å². The molecule has 4 saturated carbocycles. The maximum Gasteiger partial charge on any atom is 0.326 e. The molecule has 6 N–H and O–H groups in total. The number of aliphatic carboxylic acids is 1. The SMILES string of the molecule is C[C@H](CCC(=O)N[C@@H](CCC(N)=O)C(=O)O)[C@H]1CC[C@H]2[C@@H]3[C@H](O)C[C@@H]4C[C@H](O)CC[C@]4(C)[C@H]3CC[C@]12C. The highest BCUT2D eigenvalue weighted by atomic mass is 16.4. The summed E-state index contributed by atoms with van der Waals surface area (Å²) in [6.07, 6.45) is 8.41. The topological polar surface area (TPSA) is 150 Å². The summed E-state index contributed by atoms with van der Waals surface area (Å²) in [6, 6.07) is -1.10. The third kappa shape index (κ3) is 5.42. The van der Waals surface area contributed by atoms with E-state index in [0.29, 0.717) is 41.9 Å². The van der Waals surface area contributed by atoms with Gasteiger partial charge in [-0.2, -0.15) is 0 Å². The van der Waals surface area contributed by atoms with Gasteiger partial charge in [-0.05, 0) is 111 Å². The highest BCUT2D eigenvalue weighted by molar-refractivity contribution is 5.84. The Balaban J connectivity index is 1.38. The number of nitrogens with one attached hydrogen (secondary N) is 1. The number of carboxylic acid groups (broad SMARTS) is 1. The molecule has 210 valence electrons. The van der Waals surface area contributed by atoms with Crippen molar-refractivity contribution in [1.29, 1.82) is 0 Å². The molecule has 0 radical (unpaired) electrons. The number of carboxylic acids is 1. The van der Waals surface area contributed by atoms with Crippen molar-refractivity contribution in [2.24, 2.45) is 52.1 Å². The summed E-state index contributed by atoms with van der Waals surface area (Å²) in [5.74, 6) is 0.482. The summed E-state index contributed by atoms with van der Waals surface area (Å²) >= 11 is 0. The number of aliphatic hydroxyl groups excluding tert-OH is 2. The van der Waals surface area contributed by atoms with Gasteiger partial charge in [-0.3, -0.25) is 9.59 Å². The number of amides is 2. The van der Waals surface area contributed by atoms with Gasteiger partial charge in [0.2, 0.25) is 11.8 Å². The molecule has 4 aliphatic rings. The molecule has 0 aromatic rings. The van der Waals surface area contributed by atoms with E-state index in [4.69, 9.17) is 5.73 Å². The highest BCUT2D eigenvalue weighted by Crippen LogP contribution is 2.68. The standard InChI is InChI=1S/C29H48N2O6/c1-16(4-9-25(35)31-22(27(36)37)7-8-24(30)34)19-5-6-20-26-21(11-13-29(19,20)3)28(2)12-10-18(32)14-17(28)15-23(26)33/h16-23,26,32-33H,4-15H2,1-3H3,(H2,30,34)(H,31,35)(H,36,37)/t16-,17+,18-,19-,20+,21+,22+,23-,26+,28+,29-/m1/s1. The molecule has 4 fully saturated rings. The minimum absolute atomic E-state index is 0.00203. The molecule has 0 unspecified atom stereocenters. The number of carbonyl (C=O) groups excluding carboxylic acids is 2. The maximum absolute atomic E-state index is 12.6. The van der Waals surface area contributed by atoms with Crippen molar-refractivity contribution >= 4 is 17.8 Å². The van der Waals surface area contributed by atoms with Crippen LogP contribution in [0.15, 0.2) is 0 Å². The zero-order valence-electron chi connectivity index (χ0n) is 22.8. The molecule has 0 bridgehead atoms. The Kier molecular flexibility index (Phi) is 8.30. The zero-order chi connectivity index (χ0) is 27.1. The smallest absolute Gasteiger partial charge is 0.326 e. The number of hydrogen-bond acceptors (Lipinski definition) is 5. The Morgan fingerprint density at radius 1 is 0.946 bits per heavy atom. The zero-order valence-corrected chi connectivity index (χ0v) is 22.8. The number of rotatable bonds is 9. The normalized spacial score (nSPS) is 42.6. The van der Waals surface area contributed by atoms with E-state index in [1.54, 1.807) is 0 Å². The summed E-state index contributed by atoms with van der Waals surface area (Å²) in [7, 11) is 0. The third-order valence-electron chi connectivity index (χ3n) is 11.6. The largest absolute Gasteiger partial charge is 0.480 e. The Bertz CT molecular complexity index is 880. The highest BCUT2D eigenvalue weighted by Gasteiger charge is 2.62. The number of hydrogen-bond donors (Lipinski definition) is 5. The Hall–Kier alpha value is -1.67. The quantitative estimate of drug-likeness (QED) is 0.315. The number of aliphatic hydroxyl groups is 2. The fourth-order valence-corrected chi connectivity index (χ4v) is 9.55. The predicted molar refractivity (Wildman–Crippen MR) is 139 cm³/mol. The number of primary amides is 1. The molecular formula is C29H48N2O6. The molecule has 0 aromatic heterocycles. The second kappa shape index (κ2) is 10.8. The van der Waals surface area contributed by atoms with Gasteiger partial charge in [0.15, 0.2) is 0 Å². The van der Waals surface area contributed by atoms with Gasteiger partial charge in [0.05, 0.1) is 12.2 Å². The fourth-order valence-electron chi connectivity index (χ4n) is 9.55. The van der Waals surface area contributed by atoms with Crippen LogP contribution in [0.1, 0.15) is 97.8 Å². The molecule has 4 aliphatic carbocycles. The van der Waals surface area contributed by atoms with E-state index >= 15 is 0 Å². The first-order valence-electron chi connectivity index (χ1n) is 14.5. The summed E-state index contributed by atoms with van der Waals surface area (Å²) in [5, 5.41) is 33.6. The van der Waals surface area contributed by atoms with Crippen LogP contribution in [-0.2, 0) is 14.4 Å². The molecule has 0 aliphatic heterocycles. The van der Waals surface area contributed by atoms with Crippen molar-refractivity contribution < 1.29 is 29.7 Å². The van der Waals surface area contributed by atoms with E-state index in [9.17, 15) is 29.7 Å². The molecule has 37 heavy (non-hydrogen) atoms. The van der Waals surface area contributed by atoms with E-state index in [0.717, 1.165) is 51.4 Å². The summed E-state index contributed by atoms with van der Waals surface area (Å²) < 4.78 is 0. The molecule has 4 rings (SSSR count). The van der Waals surface area contributed by atoms with Gasteiger partial charge in [0, 0.05) is 12.8 Å². The van der Waals surface area contributed by atoms with Crippen LogP contribution in [0.5, 0.6) is 0 Å². The Labute approximate surface area is 221 Å². The van der Waals surface area contributed by atoms with Gasteiger partial charge < -0.3 is 26.4 Å². The lowest BCUT2D eigenvalue weighted by Crippen LogP contribution is -2.58. The lowest BCUT2D eigenvalue weighted by molar-refractivity contribution is -0.174. The molecular weight excluding hydrogens is 472 g/mol. The van der Waals surface area contributed by atoms with Gasteiger partial charge in [0.1, 0.15) is 6.04 Å². The van der Waals surface area contributed by atoms with E-state index in [2.05, 4.69) is 26.1 Å². The van der Waals surface area contributed by atoms with Crippen LogP contribution in [0, 0.1) is 46.3 Å². The number of carbonyl (C=O) groups is 3. The molecule has 0 spiro atoms. The Morgan fingerprint density at radius 2 is 1.62 bits per heavy atom. The van der Waals surface area contributed by atoms with Crippen LogP contribution in [-0.4, -0.2) is 51.4 Å². The van der Waals surface area contributed by atoms with E-state index in [-0.39, 0.29) is 48.2 Å².